The summed E-state index contributed by atoms with van der Waals surface area (Å²) < 4.78 is 7.93. The summed E-state index contributed by atoms with van der Waals surface area (Å²) in [5, 5.41) is 1.83. The van der Waals surface area contributed by atoms with Crippen molar-refractivity contribution in [2.24, 2.45) is 0 Å². The van der Waals surface area contributed by atoms with E-state index in [2.05, 4.69) is 8.75 Å². The third kappa shape index (κ3) is 2.20. The second-order valence-electron chi connectivity index (χ2n) is 2.39. The second kappa shape index (κ2) is 4.49. The molecule has 2 nitrogen and oxygen atoms in total. The molecule has 0 bridgehead atoms. The van der Waals surface area contributed by atoms with Crippen molar-refractivity contribution in [2.45, 2.75) is 9.92 Å². The summed E-state index contributed by atoms with van der Waals surface area (Å²) in [6.07, 6.45) is 0. The molecule has 14 heavy (non-hydrogen) atoms. The Hall–Kier alpha value is -0.290. The molecule has 6 heteroatoms. The summed E-state index contributed by atoms with van der Waals surface area (Å²) >= 11 is 14.3. The molecule has 2 rings (SSSR count). The van der Waals surface area contributed by atoms with Crippen molar-refractivity contribution in [3.8, 4) is 0 Å². The highest BCUT2D eigenvalue weighted by molar-refractivity contribution is 7.99. The van der Waals surface area contributed by atoms with Gasteiger partial charge in [-0.15, -0.1) is 0 Å². The van der Waals surface area contributed by atoms with Crippen molar-refractivity contribution >= 4 is 46.7 Å². The van der Waals surface area contributed by atoms with Crippen molar-refractivity contribution in [1.82, 2.24) is 8.75 Å². The van der Waals surface area contributed by atoms with Crippen LogP contribution in [0.3, 0.4) is 0 Å². The summed E-state index contributed by atoms with van der Waals surface area (Å²) in [4.78, 5) is 0.934. The van der Waals surface area contributed by atoms with Gasteiger partial charge in [-0.05, 0) is 12.1 Å². The lowest BCUT2D eigenvalue weighted by Gasteiger charge is -1.99. The molecule has 0 saturated carbocycles. The van der Waals surface area contributed by atoms with E-state index in [0.717, 1.165) is 16.6 Å². The molecule has 2 aromatic rings. The van der Waals surface area contributed by atoms with Crippen molar-refractivity contribution in [1.29, 1.82) is 0 Å². The summed E-state index contributed by atoms with van der Waals surface area (Å²) in [6, 6.07) is 7.55. The lowest BCUT2D eigenvalue weighted by molar-refractivity contribution is 1.25. The predicted octanol–water partition coefficient (Wildman–Crippen LogP) is 4.00. The van der Waals surface area contributed by atoms with Gasteiger partial charge in [-0.2, -0.15) is 8.75 Å². The molecule has 0 unspecified atom stereocenters. The van der Waals surface area contributed by atoms with E-state index in [-0.39, 0.29) is 0 Å². The van der Waals surface area contributed by atoms with Crippen LogP contribution in [0.1, 0.15) is 0 Å². The summed E-state index contributed by atoms with van der Waals surface area (Å²) in [5.74, 6) is 0. The minimum Gasteiger partial charge on any atom is -0.164 e. The van der Waals surface area contributed by atoms with Crippen LogP contribution in [0.2, 0.25) is 10.2 Å². The molecule has 0 aliphatic rings. The molecule has 0 fully saturated rings. The zero-order valence-corrected chi connectivity index (χ0v) is 9.92. The van der Waals surface area contributed by atoms with Crippen molar-refractivity contribution in [2.75, 3.05) is 0 Å². The molecule has 0 atom stereocenters. The van der Waals surface area contributed by atoms with Gasteiger partial charge >= 0.3 is 0 Å². The third-order valence-corrected chi connectivity index (χ3v) is 4.08. The van der Waals surface area contributed by atoms with Crippen LogP contribution in [0.4, 0.5) is 0 Å². The maximum Gasteiger partial charge on any atom is 0.177 e. The first-order valence-electron chi connectivity index (χ1n) is 3.68. The Labute approximate surface area is 99.6 Å². The van der Waals surface area contributed by atoms with Gasteiger partial charge in [0.2, 0.25) is 0 Å². The maximum absolute atomic E-state index is 5.98. The number of nitrogens with zero attached hydrogens (tertiary/aromatic N) is 2. The number of hydrogen-bond acceptors (Lipinski definition) is 4. The van der Waals surface area contributed by atoms with Crippen molar-refractivity contribution < 1.29 is 0 Å². The van der Waals surface area contributed by atoms with E-state index in [4.69, 9.17) is 23.2 Å². The largest absolute Gasteiger partial charge is 0.177 e. The molecule has 0 radical (unpaired) electrons. The lowest BCUT2D eigenvalue weighted by atomic mass is 10.4. The number of halogens is 2. The van der Waals surface area contributed by atoms with Crippen LogP contribution in [-0.2, 0) is 0 Å². The van der Waals surface area contributed by atoms with Gasteiger partial charge in [-0.25, -0.2) is 0 Å². The molecule has 72 valence electrons. The van der Waals surface area contributed by atoms with E-state index in [0.29, 0.717) is 15.2 Å². The van der Waals surface area contributed by atoms with Crippen LogP contribution in [0, 0.1) is 0 Å². The van der Waals surface area contributed by atoms with Crippen LogP contribution in [-0.4, -0.2) is 8.75 Å². The topological polar surface area (TPSA) is 25.8 Å². The van der Waals surface area contributed by atoms with E-state index < -0.39 is 0 Å². The molecular weight excluding hydrogens is 259 g/mol. The van der Waals surface area contributed by atoms with E-state index in [1.165, 1.54) is 11.8 Å². The van der Waals surface area contributed by atoms with Gasteiger partial charge in [0, 0.05) is 4.90 Å². The third-order valence-electron chi connectivity index (χ3n) is 1.46. The van der Waals surface area contributed by atoms with Crippen LogP contribution in [0.25, 0.3) is 0 Å². The fourth-order valence-electron chi connectivity index (χ4n) is 0.862. The van der Waals surface area contributed by atoms with Gasteiger partial charge in [0.15, 0.2) is 10.2 Å². The Morgan fingerprint density at radius 1 is 1.14 bits per heavy atom. The molecule has 0 aliphatic heterocycles. The molecule has 0 saturated heterocycles. The number of hydrogen-bond donors (Lipinski definition) is 0. The van der Waals surface area contributed by atoms with E-state index in [1.807, 2.05) is 24.3 Å². The Balaban J connectivity index is 2.28. The Morgan fingerprint density at radius 3 is 2.57 bits per heavy atom. The molecule has 0 N–H and O–H groups in total. The molecule has 1 aromatic heterocycles. The van der Waals surface area contributed by atoms with Crippen molar-refractivity contribution in [3.63, 3.8) is 0 Å². The van der Waals surface area contributed by atoms with Gasteiger partial charge < -0.3 is 0 Å². The smallest absolute Gasteiger partial charge is 0.164 e. The second-order valence-corrected chi connectivity index (χ2v) is 4.72. The molecule has 0 aliphatic carbocycles. The summed E-state index contributed by atoms with van der Waals surface area (Å²) in [6.45, 7) is 0. The van der Waals surface area contributed by atoms with E-state index in [9.17, 15) is 0 Å². The van der Waals surface area contributed by atoms with Gasteiger partial charge in [0.05, 0.1) is 16.8 Å². The molecule has 0 amide bonds. The first-order valence-corrected chi connectivity index (χ1v) is 5.98. The molecule has 1 heterocycles. The number of aromatic nitrogens is 2. The highest BCUT2D eigenvalue weighted by Gasteiger charge is 2.08. The number of rotatable bonds is 2. The molecular formula is C8H4Cl2N2S2. The van der Waals surface area contributed by atoms with Crippen LogP contribution in [0.5, 0.6) is 0 Å². The average molecular weight is 263 g/mol. The van der Waals surface area contributed by atoms with E-state index in [1.54, 1.807) is 0 Å². The minimum atomic E-state index is 0.430. The monoisotopic (exact) mass is 262 g/mol. The van der Waals surface area contributed by atoms with Gasteiger partial charge in [-0.1, -0.05) is 47.1 Å². The fraction of sp³-hybridized carbons (Fsp3) is 0. The summed E-state index contributed by atoms with van der Waals surface area (Å²) in [7, 11) is 0. The van der Waals surface area contributed by atoms with Crippen LogP contribution >= 0.6 is 46.7 Å². The molecule has 0 spiro atoms. The Morgan fingerprint density at radius 2 is 1.93 bits per heavy atom. The van der Waals surface area contributed by atoms with Gasteiger partial charge in [0.25, 0.3) is 0 Å². The lowest BCUT2D eigenvalue weighted by Crippen LogP contribution is -1.75. The van der Waals surface area contributed by atoms with Crippen LogP contribution in [0.15, 0.2) is 34.2 Å². The zero-order valence-electron chi connectivity index (χ0n) is 6.78. The number of benzene rings is 1. The zero-order chi connectivity index (χ0) is 9.97. The normalized spacial score (nSPS) is 10.4. The Bertz CT molecular complexity index is 444. The fourth-order valence-corrected chi connectivity index (χ4v) is 2.73. The van der Waals surface area contributed by atoms with Gasteiger partial charge in [-0.3, -0.25) is 0 Å². The quantitative estimate of drug-likeness (QED) is 0.819. The highest BCUT2D eigenvalue weighted by atomic mass is 35.5. The Kier molecular flexibility index (Phi) is 3.28. The predicted molar refractivity (Wildman–Crippen MR) is 60.5 cm³/mol. The van der Waals surface area contributed by atoms with Crippen molar-refractivity contribution in [3.05, 3.63) is 34.4 Å². The van der Waals surface area contributed by atoms with Gasteiger partial charge in [0.1, 0.15) is 0 Å². The minimum absolute atomic E-state index is 0.430. The maximum atomic E-state index is 5.98. The first kappa shape index (κ1) is 10.2. The molecule has 1 aromatic carbocycles. The summed E-state index contributed by atoms with van der Waals surface area (Å²) in [5.41, 5.74) is 0. The van der Waals surface area contributed by atoms with Crippen LogP contribution < -0.4 is 0 Å². The van der Waals surface area contributed by atoms with E-state index >= 15 is 0 Å². The standard InChI is InChI=1S/C8H4Cl2N2S2/c9-5-3-1-2-4-6(5)13-8-7(10)11-14-12-8/h1-4H. The SMILES string of the molecule is Clc1ccccc1Sc1nsnc1Cl. The first-order chi connectivity index (χ1) is 6.77. The average Bonchev–Trinajstić information content (AvgIpc) is 2.56. The highest BCUT2D eigenvalue weighted by Crippen LogP contribution is 2.35.